The molecule has 1 amide bonds. The zero-order chi connectivity index (χ0) is 17.6. The fraction of sp³-hybridized carbons (Fsp3) is 0.200. The van der Waals surface area contributed by atoms with Crippen molar-refractivity contribution in [2.24, 2.45) is 0 Å². The molecule has 5 heteroatoms. The van der Waals surface area contributed by atoms with Gasteiger partial charge in [0.05, 0.1) is 19.1 Å². The maximum Gasteiger partial charge on any atom is 0.303 e. The number of para-hydroxylation sites is 1. The van der Waals surface area contributed by atoms with Gasteiger partial charge in [-0.15, -0.1) is 0 Å². The van der Waals surface area contributed by atoms with Crippen LogP contribution in [-0.2, 0) is 9.59 Å². The van der Waals surface area contributed by atoms with Crippen LogP contribution < -0.4 is 10.1 Å². The molecule has 2 aliphatic rings. The summed E-state index contributed by atoms with van der Waals surface area (Å²) in [6.07, 6.45) is 0.562. The first-order chi connectivity index (χ1) is 12.1. The summed E-state index contributed by atoms with van der Waals surface area (Å²) in [7, 11) is 1.59. The number of carbonyl (C=O) groups is 2. The minimum atomic E-state index is -0.846. The summed E-state index contributed by atoms with van der Waals surface area (Å²) in [5.41, 5.74) is 5.10. The van der Waals surface area contributed by atoms with Gasteiger partial charge >= 0.3 is 5.97 Å². The summed E-state index contributed by atoms with van der Waals surface area (Å²) in [6.45, 7) is 0. The van der Waals surface area contributed by atoms with E-state index in [1.165, 1.54) is 0 Å². The Kier molecular flexibility index (Phi) is 3.57. The molecule has 4 rings (SSSR count). The highest BCUT2D eigenvalue weighted by atomic mass is 16.5. The minimum Gasteiger partial charge on any atom is -0.497 e. The highest BCUT2D eigenvalue weighted by molar-refractivity contribution is 6.37. The second-order valence-electron chi connectivity index (χ2n) is 6.31. The summed E-state index contributed by atoms with van der Waals surface area (Å²) in [6, 6.07) is 13.2. The van der Waals surface area contributed by atoms with E-state index in [1.807, 2.05) is 42.5 Å². The number of carboxylic acid groups (broad SMARTS) is 1. The van der Waals surface area contributed by atoms with E-state index in [-0.39, 0.29) is 18.2 Å². The molecule has 1 aliphatic carbocycles. The number of aliphatic carboxylic acids is 1. The molecule has 2 aromatic carbocycles. The summed E-state index contributed by atoms with van der Waals surface area (Å²) in [5.74, 6) is -0.447. The van der Waals surface area contributed by atoms with E-state index in [0.29, 0.717) is 17.7 Å². The van der Waals surface area contributed by atoms with Gasteiger partial charge in [0.2, 0.25) is 0 Å². The number of carbonyl (C=O) groups excluding carboxylic acids is 1. The molecule has 1 unspecified atom stereocenters. The smallest absolute Gasteiger partial charge is 0.303 e. The average molecular weight is 335 g/mol. The van der Waals surface area contributed by atoms with Gasteiger partial charge in [0.1, 0.15) is 5.75 Å². The van der Waals surface area contributed by atoms with Gasteiger partial charge in [0, 0.05) is 11.3 Å². The van der Waals surface area contributed by atoms with Crippen LogP contribution in [0.15, 0.2) is 42.5 Å². The van der Waals surface area contributed by atoms with Crippen LogP contribution in [-0.4, -0.2) is 24.1 Å². The molecular weight excluding hydrogens is 318 g/mol. The predicted octanol–water partition coefficient (Wildman–Crippen LogP) is 3.52. The third kappa shape index (κ3) is 2.48. The number of amides is 1. The largest absolute Gasteiger partial charge is 0.497 e. The van der Waals surface area contributed by atoms with Crippen molar-refractivity contribution in [3.8, 4) is 5.75 Å². The second-order valence-corrected chi connectivity index (χ2v) is 6.31. The van der Waals surface area contributed by atoms with E-state index >= 15 is 0 Å². The number of ether oxygens (including phenoxy) is 1. The van der Waals surface area contributed by atoms with Crippen molar-refractivity contribution in [1.29, 1.82) is 0 Å². The monoisotopic (exact) mass is 335 g/mol. The van der Waals surface area contributed by atoms with Gasteiger partial charge in [-0.1, -0.05) is 24.3 Å². The molecule has 0 saturated carbocycles. The van der Waals surface area contributed by atoms with Gasteiger partial charge in [-0.25, -0.2) is 0 Å². The number of anilines is 1. The van der Waals surface area contributed by atoms with Crippen LogP contribution in [0.25, 0.3) is 11.1 Å². The molecular formula is C20H17NO4. The van der Waals surface area contributed by atoms with E-state index in [9.17, 15) is 14.7 Å². The first-order valence-electron chi connectivity index (χ1n) is 8.12. The maximum atomic E-state index is 12.6. The van der Waals surface area contributed by atoms with Gasteiger partial charge in [0.15, 0.2) is 0 Å². The maximum absolute atomic E-state index is 12.6. The fourth-order valence-corrected chi connectivity index (χ4v) is 3.79. The number of carboxylic acids is 1. The van der Waals surface area contributed by atoms with Crippen molar-refractivity contribution in [2.75, 3.05) is 12.4 Å². The Morgan fingerprint density at radius 3 is 2.80 bits per heavy atom. The molecule has 1 atom stereocenters. The first-order valence-corrected chi connectivity index (χ1v) is 8.12. The molecule has 5 nitrogen and oxygen atoms in total. The normalized spacial score (nSPS) is 20.8. The quantitative estimate of drug-likeness (QED) is 0.842. The van der Waals surface area contributed by atoms with Crippen molar-refractivity contribution in [3.05, 3.63) is 59.2 Å². The standard InChI is InChI=1S/C20H17NO4/c1-25-12-6-7-13-15(10-12)11(9-18(22)23)8-16(13)19-14-4-2-3-5-17(14)21-20(19)24/h2-7,10-11H,8-9H2,1H3,(H,21,24)(H,22,23). The Hall–Kier alpha value is -3.08. The zero-order valence-electron chi connectivity index (χ0n) is 13.7. The third-order valence-electron chi connectivity index (χ3n) is 4.87. The molecule has 0 aromatic heterocycles. The van der Waals surface area contributed by atoms with Gasteiger partial charge in [-0.3, -0.25) is 9.59 Å². The van der Waals surface area contributed by atoms with E-state index in [1.54, 1.807) is 7.11 Å². The Bertz CT molecular complexity index is 929. The highest BCUT2D eigenvalue weighted by Gasteiger charge is 2.35. The number of benzene rings is 2. The van der Waals surface area contributed by atoms with Crippen LogP contribution in [0.2, 0.25) is 0 Å². The first kappa shape index (κ1) is 15.4. The molecule has 2 N–H and O–H groups in total. The molecule has 0 saturated heterocycles. The zero-order valence-corrected chi connectivity index (χ0v) is 13.7. The Labute approximate surface area is 144 Å². The van der Waals surface area contributed by atoms with Crippen LogP contribution >= 0.6 is 0 Å². The molecule has 0 bridgehead atoms. The van der Waals surface area contributed by atoms with E-state index < -0.39 is 5.97 Å². The Morgan fingerprint density at radius 1 is 1.24 bits per heavy atom. The molecule has 1 heterocycles. The van der Waals surface area contributed by atoms with Gasteiger partial charge < -0.3 is 15.2 Å². The van der Waals surface area contributed by atoms with Crippen molar-refractivity contribution in [2.45, 2.75) is 18.8 Å². The number of allylic oxidation sites excluding steroid dienone is 1. The molecule has 0 fully saturated rings. The molecule has 0 radical (unpaired) electrons. The lowest BCUT2D eigenvalue weighted by Crippen LogP contribution is -2.05. The summed E-state index contributed by atoms with van der Waals surface area (Å²) in [4.78, 5) is 23.9. The molecule has 1 aliphatic heterocycles. The number of hydrogen-bond acceptors (Lipinski definition) is 3. The Morgan fingerprint density at radius 2 is 2.04 bits per heavy atom. The average Bonchev–Trinajstić information content (AvgIpc) is 3.10. The van der Waals surface area contributed by atoms with E-state index in [4.69, 9.17) is 4.74 Å². The lowest BCUT2D eigenvalue weighted by atomic mass is 9.96. The Balaban J connectivity index is 1.90. The lowest BCUT2D eigenvalue weighted by Gasteiger charge is -2.09. The van der Waals surface area contributed by atoms with E-state index in [0.717, 1.165) is 28.0 Å². The van der Waals surface area contributed by atoms with E-state index in [2.05, 4.69) is 5.32 Å². The van der Waals surface area contributed by atoms with Crippen LogP contribution in [0.1, 0.15) is 35.4 Å². The topological polar surface area (TPSA) is 75.6 Å². The number of hydrogen-bond donors (Lipinski definition) is 2. The highest BCUT2D eigenvalue weighted by Crippen LogP contribution is 2.49. The van der Waals surface area contributed by atoms with Crippen LogP contribution in [0.5, 0.6) is 5.75 Å². The molecule has 2 aromatic rings. The number of fused-ring (bicyclic) bond motifs is 2. The third-order valence-corrected chi connectivity index (χ3v) is 4.87. The summed E-state index contributed by atoms with van der Waals surface area (Å²) in [5, 5.41) is 12.2. The summed E-state index contributed by atoms with van der Waals surface area (Å²) >= 11 is 0. The number of nitrogens with one attached hydrogen (secondary N) is 1. The predicted molar refractivity (Wildman–Crippen MR) is 94.5 cm³/mol. The van der Waals surface area contributed by atoms with Gasteiger partial charge in [-0.05, 0) is 47.2 Å². The summed E-state index contributed by atoms with van der Waals surface area (Å²) < 4.78 is 5.29. The van der Waals surface area contributed by atoms with Crippen molar-refractivity contribution in [3.63, 3.8) is 0 Å². The van der Waals surface area contributed by atoms with Gasteiger partial charge in [-0.2, -0.15) is 0 Å². The van der Waals surface area contributed by atoms with Crippen LogP contribution in [0.3, 0.4) is 0 Å². The van der Waals surface area contributed by atoms with Crippen molar-refractivity contribution in [1.82, 2.24) is 0 Å². The molecule has 126 valence electrons. The van der Waals surface area contributed by atoms with Crippen molar-refractivity contribution < 1.29 is 19.4 Å². The number of rotatable bonds is 3. The van der Waals surface area contributed by atoms with Gasteiger partial charge in [0.25, 0.3) is 5.91 Å². The van der Waals surface area contributed by atoms with Crippen LogP contribution in [0.4, 0.5) is 5.69 Å². The molecule has 0 spiro atoms. The van der Waals surface area contributed by atoms with Crippen LogP contribution in [0, 0.1) is 0 Å². The molecule has 25 heavy (non-hydrogen) atoms. The second kappa shape index (κ2) is 5.77. The lowest BCUT2D eigenvalue weighted by molar-refractivity contribution is -0.137. The number of methoxy groups -OCH3 is 1. The SMILES string of the molecule is COc1ccc2c(c1)C(CC(=O)O)CC2=C1C(=O)Nc2ccccc21. The minimum absolute atomic E-state index is 0.0280. The van der Waals surface area contributed by atoms with Crippen molar-refractivity contribution >= 4 is 28.7 Å². The fourth-order valence-electron chi connectivity index (χ4n) is 3.79.